The molecule has 0 aliphatic heterocycles. The van der Waals surface area contributed by atoms with E-state index >= 15 is 0 Å². The summed E-state index contributed by atoms with van der Waals surface area (Å²) in [4.78, 5) is 0. The second-order valence-electron chi connectivity index (χ2n) is 3.94. The van der Waals surface area contributed by atoms with Gasteiger partial charge in [-0.1, -0.05) is 12.1 Å². The van der Waals surface area contributed by atoms with Gasteiger partial charge in [0.25, 0.3) is 0 Å². The van der Waals surface area contributed by atoms with Gasteiger partial charge in [0, 0.05) is 12.1 Å². The number of benzene rings is 1. The summed E-state index contributed by atoms with van der Waals surface area (Å²) in [6, 6.07) is 6.74. The molecule has 3 N–H and O–H groups in total. The molecule has 0 heterocycles. The Balaban J connectivity index is 2.13. The van der Waals surface area contributed by atoms with Crippen LogP contribution in [0.1, 0.15) is 19.3 Å². The number of hydrogen-bond acceptors (Lipinski definition) is 2. The van der Waals surface area contributed by atoms with Crippen molar-refractivity contribution in [1.82, 2.24) is 0 Å². The molecule has 0 unspecified atom stereocenters. The van der Waals surface area contributed by atoms with Gasteiger partial charge >= 0.3 is 0 Å². The highest BCUT2D eigenvalue weighted by Crippen LogP contribution is 2.34. The maximum Gasteiger partial charge on any atom is 0.146 e. The number of nitrogens with two attached hydrogens (primary N) is 1. The lowest BCUT2D eigenvalue weighted by molar-refractivity contribution is 0.286. The standard InChI is InChI=1S/C11H15FN2/c12-9-4-1-2-5-10(9)14-11(8-13)6-3-7-11/h1-2,4-5,14H,3,6-8,13H2. The van der Waals surface area contributed by atoms with Crippen LogP contribution in [0.4, 0.5) is 10.1 Å². The first-order chi connectivity index (χ1) is 6.76. The van der Waals surface area contributed by atoms with Gasteiger partial charge in [-0.05, 0) is 31.4 Å². The zero-order chi connectivity index (χ0) is 10.0. The molecule has 0 radical (unpaired) electrons. The van der Waals surface area contributed by atoms with E-state index in [1.54, 1.807) is 12.1 Å². The fraction of sp³-hybridized carbons (Fsp3) is 0.455. The van der Waals surface area contributed by atoms with E-state index in [-0.39, 0.29) is 11.4 Å². The number of hydrogen-bond donors (Lipinski definition) is 2. The van der Waals surface area contributed by atoms with Crippen LogP contribution in [-0.4, -0.2) is 12.1 Å². The van der Waals surface area contributed by atoms with Gasteiger partial charge in [0.05, 0.1) is 5.69 Å². The largest absolute Gasteiger partial charge is 0.376 e. The highest BCUT2D eigenvalue weighted by Gasteiger charge is 2.35. The van der Waals surface area contributed by atoms with Crippen LogP contribution in [0.2, 0.25) is 0 Å². The molecule has 14 heavy (non-hydrogen) atoms. The fourth-order valence-electron chi connectivity index (χ4n) is 1.83. The summed E-state index contributed by atoms with van der Waals surface area (Å²) in [5.74, 6) is -0.202. The molecular formula is C11H15FN2. The molecule has 0 amide bonds. The van der Waals surface area contributed by atoms with Gasteiger partial charge < -0.3 is 11.1 Å². The van der Waals surface area contributed by atoms with Gasteiger partial charge in [-0.25, -0.2) is 4.39 Å². The highest BCUT2D eigenvalue weighted by atomic mass is 19.1. The van der Waals surface area contributed by atoms with Crippen molar-refractivity contribution in [2.24, 2.45) is 5.73 Å². The zero-order valence-corrected chi connectivity index (χ0v) is 8.09. The van der Waals surface area contributed by atoms with Crippen LogP contribution in [0.25, 0.3) is 0 Å². The van der Waals surface area contributed by atoms with E-state index in [9.17, 15) is 4.39 Å². The molecule has 0 saturated heterocycles. The monoisotopic (exact) mass is 194 g/mol. The topological polar surface area (TPSA) is 38.0 Å². The molecule has 0 spiro atoms. The average Bonchev–Trinajstić information content (AvgIpc) is 2.14. The van der Waals surface area contributed by atoms with E-state index in [2.05, 4.69) is 5.32 Å². The third kappa shape index (κ3) is 1.60. The van der Waals surface area contributed by atoms with E-state index in [1.807, 2.05) is 6.07 Å². The summed E-state index contributed by atoms with van der Waals surface area (Å²) in [5, 5.41) is 3.21. The van der Waals surface area contributed by atoms with Crippen LogP contribution < -0.4 is 11.1 Å². The molecule has 1 aromatic carbocycles. The van der Waals surface area contributed by atoms with Crippen LogP contribution >= 0.6 is 0 Å². The summed E-state index contributed by atoms with van der Waals surface area (Å²) in [7, 11) is 0. The predicted octanol–water partition coefficient (Wildman–Crippen LogP) is 2.12. The van der Waals surface area contributed by atoms with Crippen LogP contribution in [0.3, 0.4) is 0 Å². The molecule has 1 saturated carbocycles. The van der Waals surface area contributed by atoms with Crippen LogP contribution in [-0.2, 0) is 0 Å². The number of rotatable bonds is 3. The first-order valence-electron chi connectivity index (χ1n) is 4.99. The average molecular weight is 194 g/mol. The lowest BCUT2D eigenvalue weighted by atomic mass is 9.76. The first kappa shape index (κ1) is 9.46. The normalized spacial score (nSPS) is 18.7. The fourth-order valence-corrected chi connectivity index (χ4v) is 1.83. The van der Waals surface area contributed by atoms with Crippen LogP contribution in [0.5, 0.6) is 0 Å². The molecule has 2 nitrogen and oxygen atoms in total. The van der Waals surface area contributed by atoms with E-state index in [4.69, 9.17) is 5.73 Å². The first-order valence-corrected chi connectivity index (χ1v) is 4.99. The van der Waals surface area contributed by atoms with Crippen molar-refractivity contribution in [1.29, 1.82) is 0 Å². The Morgan fingerprint density at radius 1 is 1.36 bits per heavy atom. The Kier molecular flexibility index (Phi) is 2.42. The van der Waals surface area contributed by atoms with Crippen molar-refractivity contribution in [3.05, 3.63) is 30.1 Å². The predicted molar refractivity (Wildman–Crippen MR) is 55.7 cm³/mol. The van der Waals surface area contributed by atoms with Gasteiger partial charge in [-0.3, -0.25) is 0 Å². The Morgan fingerprint density at radius 3 is 2.57 bits per heavy atom. The minimum Gasteiger partial charge on any atom is -0.376 e. The molecule has 1 aliphatic carbocycles. The van der Waals surface area contributed by atoms with Crippen molar-refractivity contribution < 1.29 is 4.39 Å². The lowest BCUT2D eigenvalue weighted by Crippen LogP contribution is -2.51. The molecule has 1 aromatic rings. The van der Waals surface area contributed by atoms with E-state index in [0.717, 1.165) is 12.8 Å². The quantitative estimate of drug-likeness (QED) is 0.773. The molecule has 1 fully saturated rings. The van der Waals surface area contributed by atoms with Crippen molar-refractivity contribution >= 4 is 5.69 Å². The van der Waals surface area contributed by atoms with Gasteiger partial charge in [0.1, 0.15) is 5.82 Å². The van der Waals surface area contributed by atoms with Crippen LogP contribution in [0, 0.1) is 5.82 Å². The van der Waals surface area contributed by atoms with Gasteiger partial charge in [-0.2, -0.15) is 0 Å². The molecular weight excluding hydrogens is 179 g/mol. The number of nitrogens with one attached hydrogen (secondary N) is 1. The van der Waals surface area contributed by atoms with Gasteiger partial charge in [-0.15, -0.1) is 0 Å². The number of anilines is 1. The van der Waals surface area contributed by atoms with Crippen molar-refractivity contribution in [3.8, 4) is 0 Å². The minimum atomic E-state index is -0.202. The van der Waals surface area contributed by atoms with Gasteiger partial charge in [0.2, 0.25) is 0 Å². The van der Waals surface area contributed by atoms with Crippen molar-refractivity contribution in [2.45, 2.75) is 24.8 Å². The van der Waals surface area contributed by atoms with E-state index in [1.165, 1.54) is 12.5 Å². The smallest absolute Gasteiger partial charge is 0.146 e. The third-order valence-electron chi connectivity index (χ3n) is 2.98. The summed E-state index contributed by atoms with van der Waals surface area (Å²) >= 11 is 0. The Hall–Kier alpha value is -1.09. The SMILES string of the molecule is NCC1(Nc2ccccc2F)CCC1. The summed E-state index contributed by atoms with van der Waals surface area (Å²) in [6.07, 6.45) is 3.26. The second-order valence-corrected chi connectivity index (χ2v) is 3.94. The summed E-state index contributed by atoms with van der Waals surface area (Å²) in [6.45, 7) is 0.571. The zero-order valence-electron chi connectivity index (χ0n) is 8.09. The molecule has 1 aliphatic rings. The second kappa shape index (κ2) is 3.58. The Labute approximate surface area is 83.3 Å². The highest BCUT2D eigenvalue weighted by molar-refractivity contribution is 5.47. The van der Waals surface area contributed by atoms with E-state index < -0.39 is 0 Å². The molecule has 0 bridgehead atoms. The molecule has 0 aromatic heterocycles. The van der Waals surface area contributed by atoms with E-state index in [0.29, 0.717) is 12.2 Å². The minimum absolute atomic E-state index is 0.0534. The van der Waals surface area contributed by atoms with Crippen molar-refractivity contribution in [2.75, 3.05) is 11.9 Å². The number of para-hydroxylation sites is 1. The Morgan fingerprint density at radius 2 is 2.07 bits per heavy atom. The third-order valence-corrected chi connectivity index (χ3v) is 2.98. The molecule has 2 rings (SSSR count). The number of halogens is 1. The lowest BCUT2D eigenvalue weighted by Gasteiger charge is -2.42. The molecule has 3 heteroatoms. The maximum absolute atomic E-state index is 13.3. The summed E-state index contributed by atoms with van der Waals surface area (Å²) in [5.41, 5.74) is 6.20. The summed E-state index contributed by atoms with van der Waals surface area (Å²) < 4.78 is 13.3. The van der Waals surface area contributed by atoms with Crippen molar-refractivity contribution in [3.63, 3.8) is 0 Å². The van der Waals surface area contributed by atoms with Gasteiger partial charge in [0.15, 0.2) is 0 Å². The maximum atomic E-state index is 13.3. The van der Waals surface area contributed by atoms with Crippen LogP contribution in [0.15, 0.2) is 24.3 Å². The molecule has 76 valence electrons. The Bertz CT molecular complexity index is 315. The molecule has 0 atom stereocenters.